The average Bonchev–Trinajstić information content (AvgIpc) is 2.71. The van der Waals surface area contributed by atoms with Gasteiger partial charge in [0.05, 0.1) is 5.69 Å². The van der Waals surface area contributed by atoms with Crippen molar-refractivity contribution in [2.24, 2.45) is 12.8 Å². The molecule has 2 heterocycles. The van der Waals surface area contributed by atoms with Crippen LogP contribution in [0.25, 0.3) is 0 Å². The lowest BCUT2D eigenvalue weighted by molar-refractivity contribution is 0.695. The minimum Gasteiger partial charge on any atom is -0.353 e. The molecule has 0 saturated heterocycles. The van der Waals surface area contributed by atoms with E-state index in [9.17, 15) is 0 Å². The molecular weight excluding hydrogens is 262 g/mol. The average molecular weight is 287 g/mol. The number of aromatic nitrogens is 3. The summed E-state index contributed by atoms with van der Waals surface area (Å²) in [6.07, 6.45) is 4.52. The minimum absolute atomic E-state index is 0.131. The second kappa shape index (κ2) is 6.72. The Hall–Kier alpha value is -1.88. The zero-order valence-electron chi connectivity index (χ0n) is 13.4. The summed E-state index contributed by atoms with van der Waals surface area (Å²) in [5.41, 5.74) is 9.57. The normalized spacial score (nSPS) is 12.4. The molecule has 0 aromatic carbocycles. The van der Waals surface area contributed by atoms with Crippen molar-refractivity contribution in [2.45, 2.75) is 39.8 Å². The van der Waals surface area contributed by atoms with E-state index in [1.165, 1.54) is 16.9 Å². The van der Waals surface area contributed by atoms with Gasteiger partial charge < -0.3 is 10.6 Å². The second-order valence-electron chi connectivity index (χ2n) is 5.56. The summed E-state index contributed by atoms with van der Waals surface area (Å²) >= 11 is 0. The van der Waals surface area contributed by atoms with Crippen LogP contribution in [0.2, 0.25) is 0 Å². The van der Waals surface area contributed by atoms with Gasteiger partial charge >= 0.3 is 0 Å². The molecule has 2 N–H and O–H groups in total. The molecule has 21 heavy (non-hydrogen) atoms. The van der Waals surface area contributed by atoms with Gasteiger partial charge in [-0.15, -0.1) is 0 Å². The fourth-order valence-electron chi connectivity index (χ4n) is 2.69. The van der Waals surface area contributed by atoms with Crippen molar-refractivity contribution >= 4 is 5.82 Å². The lowest BCUT2D eigenvalue weighted by atomic mass is 10.1. The second-order valence-corrected chi connectivity index (χ2v) is 5.56. The first-order chi connectivity index (χ1) is 10.0. The smallest absolute Gasteiger partial charge is 0.130 e. The standard InChI is InChI=1S/C16H25N5/c1-5-21(11-14-6-8-18-9-7-14)16-15(10-12(2)17)13(3)19-20(16)4/h6-9,12H,5,10-11,17H2,1-4H3. The molecule has 0 radical (unpaired) electrons. The molecule has 0 aliphatic carbocycles. The molecule has 1 unspecified atom stereocenters. The third-order valence-electron chi connectivity index (χ3n) is 3.64. The highest BCUT2D eigenvalue weighted by Crippen LogP contribution is 2.25. The fraction of sp³-hybridized carbons (Fsp3) is 0.500. The number of rotatable bonds is 6. The number of pyridine rings is 1. The Balaban J connectivity index is 2.33. The summed E-state index contributed by atoms with van der Waals surface area (Å²) in [6.45, 7) is 8.03. The number of anilines is 1. The van der Waals surface area contributed by atoms with E-state index >= 15 is 0 Å². The topological polar surface area (TPSA) is 60.0 Å². The number of aryl methyl sites for hydroxylation is 2. The van der Waals surface area contributed by atoms with Crippen LogP contribution < -0.4 is 10.6 Å². The molecule has 2 aromatic rings. The van der Waals surface area contributed by atoms with Crippen molar-refractivity contribution in [3.8, 4) is 0 Å². The zero-order valence-corrected chi connectivity index (χ0v) is 13.4. The van der Waals surface area contributed by atoms with Crippen LogP contribution in [0.4, 0.5) is 5.82 Å². The van der Waals surface area contributed by atoms with Gasteiger partial charge in [0.1, 0.15) is 5.82 Å². The van der Waals surface area contributed by atoms with Gasteiger partial charge in [0.25, 0.3) is 0 Å². The Labute approximate surface area is 126 Å². The molecule has 1 atom stereocenters. The molecule has 0 aliphatic heterocycles. The summed E-state index contributed by atoms with van der Waals surface area (Å²) < 4.78 is 1.97. The zero-order chi connectivity index (χ0) is 15.4. The number of hydrogen-bond donors (Lipinski definition) is 1. The van der Waals surface area contributed by atoms with Crippen LogP contribution in [-0.4, -0.2) is 27.4 Å². The molecule has 0 saturated carbocycles. The van der Waals surface area contributed by atoms with Crippen LogP contribution in [0.5, 0.6) is 0 Å². The van der Waals surface area contributed by atoms with Crippen molar-refractivity contribution in [1.82, 2.24) is 14.8 Å². The van der Waals surface area contributed by atoms with Crippen molar-refractivity contribution in [3.63, 3.8) is 0 Å². The molecule has 0 aliphatic rings. The third-order valence-corrected chi connectivity index (χ3v) is 3.64. The van der Waals surface area contributed by atoms with Gasteiger partial charge in [-0.2, -0.15) is 5.10 Å². The molecule has 5 heteroatoms. The number of nitrogens with two attached hydrogens (primary N) is 1. The highest BCUT2D eigenvalue weighted by atomic mass is 15.4. The number of hydrogen-bond acceptors (Lipinski definition) is 4. The highest BCUT2D eigenvalue weighted by Gasteiger charge is 2.19. The highest BCUT2D eigenvalue weighted by molar-refractivity contribution is 5.51. The van der Waals surface area contributed by atoms with Crippen LogP contribution in [0, 0.1) is 6.92 Å². The summed E-state index contributed by atoms with van der Waals surface area (Å²) in [6, 6.07) is 4.24. The van der Waals surface area contributed by atoms with E-state index in [1.807, 2.05) is 31.0 Å². The number of nitrogens with zero attached hydrogens (tertiary/aromatic N) is 4. The first-order valence-electron chi connectivity index (χ1n) is 7.44. The van der Waals surface area contributed by atoms with Gasteiger partial charge in [-0.3, -0.25) is 9.67 Å². The van der Waals surface area contributed by atoms with Crippen LogP contribution in [0.3, 0.4) is 0 Å². The Bertz CT molecular complexity index is 574. The largest absolute Gasteiger partial charge is 0.353 e. The molecule has 5 nitrogen and oxygen atoms in total. The van der Waals surface area contributed by atoms with E-state index in [0.717, 1.165) is 25.2 Å². The Kier molecular flexibility index (Phi) is 4.96. The van der Waals surface area contributed by atoms with Gasteiger partial charge in [0.15, 0.2) is 0 Å². The van der Waals surface area contributed by atoms with E-state index in [1.54, 1.807) is 0 Å². The first kappa shape index (κ1) is 15.5. The van der Waals surface area contributed by atoms with Gasteiger partial charge in [0, 0.05) is 44.1 Å². The van der Waals surface area contributed by atoms with Crippen molar-refractivity contribution < 1.29 is 0 Å². The van der Waals surface area contributed by atoms with E-state index in [0.29, 0.717) is 0 Å². The predicted octanol–water partition coefficient (Wildman–Crippen LogP) is 2.04. The molecule has 2 aromatic heterocycles. The molecule has 0 bridgehead atoms. The van der Waals surface area contributed by atoms with Gasteiger partial charge in [-0.1, -0.05) is 0 Å². The minimum atomic E-state index is 0.131. The molecule has 0 amide bonds. The van der Waals surface area contributed by atoms with E-state index in [2.05, 4.69) is 41.0 Å². The van der Waals surface area contributed by atoms with Gasteiger partial charge in [0.2, 0.25) is 0 Å². The van der Waals surface area contributed by atoms with E-state index in [4.69, 9.17) is 5.73 Å². The Morgan fingerprint density at radius 3 is 2.57 bits per heavy atom. The molecule has 114 valence electrons. The lowest BCUT2D eigenvalue weighted by Crippen LogP contribution is -2.27. The van der Waals surface area contributed by atoms with Crippen molar-refractivity contribution in [2.75, 3.05) is 11.4 Å². The van der Waals surface area contributed by atoms with Crippen LogP contribution in [-0.2, 0) is 20.0 Å². The monoisotopic (exact) mass is 287 g/mol. The van der Waals surface area contributed by atoms with Gasteiger partial charge in [-0.25, -0.2) is 0 Å². The van der Waals surface area contributed by atoms with Crippen LogP contribution in [0.1, 0.15) is 30.7 Å². The quantitative estimate of drug-likeness (QED) is 0.883. The maximum atomic E-state index is 6.00. The van der Waals surface area contributed by atoms with E-state index < -0.39 is 0 Å². The lowest BCUT2D eigenvalue weighted by Gasteiger charge is -2.25. The summed E-state index contributed by atoms with van der Waals surface area (Å²) in [5.74, 6) is 1.17. The Morgan fingerprint density at radius 2 is 2.00 bits per heavy atom. The Morgan fingerprint density at radius 1 is 1.33 bits per heavy atom. The molecule has 0 spiro atoms. The van der Waals surface area contributed by atoms with Crippen molar-refractivity contribution in [1.29, 1.82) is 0 Å². The summed E-state index contributed by atoms with van der Waals surface area (Å²) in [5, 5.41) is 4.58. The van der Waals surface area contributed by atoms with Gasteiger partial charge in [-0.05, 0) is 44.9 Å². The summed E-state index contributed by atoms with van der Waals surface area (Å²) in [7, 11) is 2.00. The maximum Gasteiger partial charge on any atom is 0.130 e. The SMILES string of the molecule is CCN(Cc1ccncc1)c1c(CC(C)N)c(C)nn1C. The third kappa shape index (κ3) is 3.61. The molecule has 0 fully saturated rings. The van der Waals surface area contributed by atoms with Crippen LogP contribution in [0.15, 0.2) is 24.5 Å². The van der Waals surface area contributed by atoms with Crippen LogP contribution >= 0.6 is 0 Å². The summed E-state index contributed by atoms with van der Waals surface area (Å²) in [4.78, 5) is 6.42. The van der Waals surface area contributed by atoms with Crippen molar-refractivity contribution in [3.05, 3.63) is 41.3 Å². The predicted molar refractivity (Wildman–Crippen MR) is 86.3 cm³/mol. The molecular formula is C16H25N5. The van der Waals surface area contributed by atoms with E-state index in [-0.39, 0.29) is 6.04 Å². The maximum absolute atomic E-state index is 6.00. The first-order valence-corrected chi connectivity index (χ1v) is 7.44. The molecule has 2 rings (SSSR count). The fourth-order valence-corrected chi connectivity index (χ4v) is 2.69.